The molecular formula is C30H37FN4O4. The van der Waals surface area contributed by atoms with Crippen molar-refractivity contribution in [3.8, 4) is 28.5 Å². The number of benzene rings is 2. The number of hydrogen-bond donors (Lipinski definition) is 1. The molecule has 0 spiro atoms. The van der Waals surface area contributed by atoms with E-state index in [2.05, 4.69) is 22.2 Å². The van der Waals surface area contributed by atoms with Crippen molar-refractivity contribution < 1.29 is 23.4 Å². The maximum Gasteiger partial charge on any atom is 0.235 e. The molecule has 0 saturated carbocycles. The van der Waals surface area contributed by atoms with E-state index in [0.29, 0.717) is 56.1 Å². The highest BCUT2D eigenvalue weighted by atomic mass is 19.1. The average Bonchev–Trinajstić information content (AvgIpc) is 3.29. The number of halogens is 1. The zero-order valence-electron chi connectivity index (χ0n) is 23.1. The highest BCUT2D eigenvalue weighted by molar-refractivity contribution is 5.94. The predicted octanol–water partition coefficient (Wildman–Crippen LogP) is 5.40. The molecule has 1 aliphatic rings. The van der Waals surface area contributed by atoms with Crippen LogP contribution in [0.25, 0.3) is 11.1 Å². The molecular weight excluding hydrogens is 499 g/mol. The van der Waals surface area contributed by atoms with Crippen molar-refractivity contribution in [1.82, 2.24) is 15.3 Å². The number of carbonyl (C=O) groups is 1. The fraction of sp³-hybridized carbons (Fsp3) is 0.433. The van der Waals surface area contributed by atoms with Gasteiger partial charge in [-0.25, -0.2) is 9.37 Å². The normalized spacial score (nSPS) is 16.9. The van der Waals surface area contributed by atoms with Crippen LogP contribution < -0.4 is 24.4 Å². The molecule has 0 bridgehead atoms. The van der Waals surface area contributed by atoms with Crippen LogP contribution in [-0.4, -0.2) is 49.3 Å². The molecule has 1 amide bonds. The largest absolute Gasteiger partial charge is 0.493 e. The maximum atomic E-state index is 13.6. The average molecular weight is 537 g/mol. The van der Waals surface area contributed by atoms with Crippen molar-refractivity contribution in [2.45, 2.75) is 46.6 Å². The van der Waals surface area contributed by atoms with Gasteiger partial charge in [-0.1, -0.05) is 19.1 Å². The highest BCUT2D eigenvalue weighted by Gasteiger charge is 2.43. The Hall–Kier alpha value is -3.72. The fourth-order valence-corrected chi connectivity index (χ4v) is 5.01. The Bertz CT molecular complexity index is 1240. The number of nitrogens with one attached hydrogen (secondary N) is 1. The van der Waals surface area contributed by atoms with Gasteiger partial charge in [0, 0.05) is 31.8 Å². The summed E-state index contributed by atoms with van der Waals surface area (Å²) in [4.78, 5) is 23.2. The second-order valence-electron chi connectivity index (χ2n) is 9.68. The van der Waals surface area contributed by atoms with Gasteiger partial charge in [0.2, 0.25) is 17.7 Å². The summed E-state index contributed by atoms with van der Waals surface area (Å²) >= 11 is 0. The first-order valence-corrected chi connectivity index (χ1v) is 13.5. The number of rotatable bonds is 13. The molecule has 4 rings (SSSR count). The minimum Gasteiger partial charge on any atom is -0.493 e. The van der Waals surface area contributed by atoms with Gasteiger partial charge in [-0.05, 0) is 74.0 Å². The van der Waals surface area contributed by atoms with Crippen LogP contribution in [0.3, 0.4) is 0 Å². The first kappa shape index (κ1) is 28.3. The third-order valence-electron chi connectivity index (χ3n) is 7.16. The van der Waals surface area contributed by atoms with Gasteiger partial charge < -0.3 is 19.5 Å². The number of carbonyl (C=O) groups excluding carboxylic acids is 1. The summed E-state index contributed by atoms with van der Waals surface area (Å²) in [6.07, 6.45) is 3.77. The van der Waals surface area contributed by atoms with Crippen molar-refractivity contribution in [3.05, 3.63) is 60.0 Å². The number of nitrogens with zero attached hydrogens (tertiary/aromatic N) is 3. The third kappa shape index (κ3) is 6.65. The molecule has 1 N–H and O–H groups in total. The molecule has 1 aliphatic heterocycles. The van der Waals surface area contributed by atoms with Crippen molar-refractivity contribution in [2.24, 2.45) is 5.41 Å². The Labute approximate surface area is 229 Å². The lowest BCUT2D eigenvalue weighted by Gasteiger charge is -2.27. The van der Waals surface area contributed by atoms with Gasteiger partial charge in [0.1, 0.15) is 17.3 Å². The lowest BCUT2D eigenvalue weighted by Crippen LogP contribution is -2.31. The molecule has 2 aromatic carbocycles. The van der Waals surface area contributed by atoms with Crippen molar-refractivity contribution in [2.75, 3.05) is 38.3 Å². The van der Waals surface area contributed by atoms with Gasteiger partial charge in [-0.15, -0.1) is 0 Å². The summed E-state index contributed by atoms with van der Waals surface area (Å²) in [5.41, 5.74) is 2.52. The van der Waals surface area contributed by atoms with Gasteiger partial charge in [0.05, 0.1) is 25.9 Å². The van der Waals surface area contributed by atoms with Crippen LogP contribution in [0.2, 0.25) is 0 Å². The fourth-order valence-electron chi connectivity index (χ4n) is 5.01. The predicted molar refractivity (Wildman–Crippen MR) is 149 cm³/mol. The summed E-state index contributed by atoms with van der Waals surface area (Å²) in [7, 11) is 1.55. The number of methoxy groups -OCH3 is 1. The van der Waals surface area contributed by atoms with E-state index < -0.39 is 0 Å². The van der Waals surface area contributed by atoms with Crippen LogP contribution in [0.15, 0.2) is 48.7 Å². The Morgan fingerprint density at radius 1 is 1.05 bits per heavy atom. The standard InChI is InChI=1S/C30H37FN4O4/c1-5-30(18-27(36)35(20-30)29-33-14-12-26(34-29)37-4)13-15-32-19-21-16-24(38-6-2)28(25(17-21)39-7-3)22-8-10-23(31)11-9-22/h8-12,14,16-17,32H,5-7,13,15,18-20H2,1-4H3. The first-order valence-electron chi connectivity index (χ1n) is 13.5. The quantitative estimate of drug-likeness (QED) is 0.293. The third-order valence-corrected chi connectivity index (χ3v) is 7.16. The smallest absolute Gasteiger partial charge is 0.235 e. The van der Waals surface area contributed by atoms with E-state index in [4.69, 9.17) is 14.2 Å². The van der Waals surface area contributed by atoms with Crippen molar-refractivity contribution in [1.29, 1.82) is 0 Å². The number of ether oxygens (including phenoxy) is 3. The van der Waals surface area contributed by atoms with E-state index >= 15 is 0 Å². The van der Waals surface area contributed by atoms with Crippen LogP contribution in [-0.2, 0) is 11.3 Å². The Morgan fingerprint density at radius 3 is 2.36 bits per heavy atom. The molecule has 3 aromatic rings. The first-order chi connectivity index (χ1) is 18.9. The molecule has 1 fully saturated rings. The molecule has 1 atom stereocenters. The minimum atomic E-state index is -0.288. The van der Waals surface area contributed by atoms with Gasteiger partial charge in [-0.3, -0.25) is 9.69 Å². The minimum absolute atomic E-state index is 0.0317. The summed E-state index contributed by atoms with van der Waals surface area (Å²) in [5.74, 6) is 1.97. The van der Waals surface area contributed by atoms with Crippen molar-refractivity contribution >= 4 is 11.9 Å². The highest BCUT2D eigenvalue weighted by Crippen LogP contribution is 2.41. The van der Waals surface area contributed by atoms with Crippen LogP contribution in [0.4, 0.5) is 10.3 Å². The molecule has 208 valence electrons. The summed E-state index contributed by atoms with van der Waals surface area (Å²) < 4.78 is 30.7. The van der Waals surface area contributed by atoms with Crippen LogP contribution in [0.5, 0.6) is 17.4 Å². The number of hydrogen-bond acceptors (Lipinski definition) is 7. The van der Waals surface area contributed by atoms with E-state index in [1.165, 1.54) is 12.1 Å². The van der Waals surface area contributed by atoms with Gasteiger partial charge in [0.15, 0.2) is 0 Å². The van der Waals surface area contributed by atoms with E-state index in [9.17, 15) is 9.18 Å². The second-order valence-corrected chi connectivity index (χ2v) is 9.68. The SMILES string of the molecule is CCOc1cc(CNCCC2(CC)CC(=O)N(c3nccc(OC)n3)C2)cc(OCC)c1-c1ccc(F)cc1. The molecule has 0 radical (unpaired) electrons. The number of anilines is 1. The Balaban J connectivity index is 1.45. The van der Waals surface area contributed by atoms with Crippen LogP contribution in [0.1, 0.15) is 45.6 Å². The molecule has 1 unspecified atom stereocenters. The molecule has 0 aliphatic carbocycles. The van der Waals surface area contributed by atoms with Gasteiger partial charge in [0.25, 0.3) is 0 Å². The zero-order chi connectivity index (χ0) is 27.8. The Morgan fingerprint density at radius 2 is 1.74 bits per heavy atom. The monoisotopic (exact) mass is 536 g/mol. The van der Waals surface area contributed by atoms with E-state index in [1.807, 2.05) is 26.0 Å². The van der Waals surface area contributed by atoms with Gasteiger partial charge in [-0.2, -0.15) is 4.98 Å². The topological polar surface area (TPSA) is 85.8 Å². The van der Waals surface area contributed by atoms with E-state index in [0.717, 1.165) is 36.1 Å². The van der Waals surface area contributed by atoms with Crippen LogP contribution in [0, 0.1) is 11.2 Å². The van der Waals surface area contributed by atoms with Crippen LogP contribution >= 0.6 is 0 Å². The molecule has 8 nitrogen and oxygen atoms in total. The van der Waals surface area contributed by atoms with E-state index in [1.54, 1.807) is 36.4 Å². The Kier molecular flexibility index (Phi) is 9.35. The van der Waals surface area contributed by atoms with Crippen molar-refractivity contribution in [3.63, 3.8) is 0 Å². The number of amides is 1. The maximum absolute atomic E-state index is 13.6. The molecule has 1 saturated heterocycles. The number of aromatic nitrogens is 2. The second kappa shape index (κ2) is 12.9. The molecule has 2 heterocycles. The summed E-state index contributed by atoms with van der Waals surface area (Å²) in [5, 5.41) is 3.54. The lowest BCUT2D eigenvalue weighted by molar-refractivity contribution is -0.117. The van der Waals surface area contributed by atoms with Gasteiger partial charge >= 0.3 is 0 Å². The summed E-state index contributed by atoms with van der Waals surface area (Å²) in [6.45, 7) is 8.92. The summed E-state index contributed by atoms with van der Waals surface area (Å²) in [6, 6.07) is 12.0. The molecule has 39 heavy (non-hydrogen) atoms. The lowest BCUT2D eigenvalue weighted by atomic mass is 9.81. The zero-order valence-corrected chi connectivity index (χ0v) is 23.1. The molecule has 9 heteroatoms. The van der Waals surface area contributed by atoms with E-state index in [-0.39, 0.29) is 17.1 Å². The molecule has 1 aromatic heterocycles.